The van der Waals surface area contributed by atoms with Crippen LogP contribution in [0.5, 0.6) is 11.5 Å². The van der Waals surface area contributed by atoms with Crippen LogP contribution in [0.3, 0.4) is 0 Å². The first-order valence-electron chi connectivity index (χ1n) is 10.0. The fourth-order valence-electron chi connectivity index (χ4n) is 2.68. The van der Waals surface area contributed by atoms with E-state index in [1.165, 1.54) is 34.3 Å². The average molecular weight is 490 g/mol. The molecule has 0 fully saturated rings. The Morgan fingerprint density at radius 3 is 2.38 bits per heavy atom. The Bertz CT molecular complexity index is 1200. The van der Waals surface area contributed by atoms with Gasteiger partial charge < -0.3 is 19.9 Å². The summed E-state index contributed by atoms with van der Waals surface area (Å²) in [5.41, 5.74) is 6.11. The number of para-hydroxylation sites is 1. The number of aryl methyl sites for hydroxylation is 1. The molecule has 0 aliphatic heterocycles. The van der Waals surface area contributed by atoms with Crippen molar-refractivity contribution in [2.45, 2.75) is 32.1 Å². The van der Waals surface area contributed by atoms with E-state index in [1.54, 1.807) is 37.4 Å². The molecule has 2 aromatic rings. The quantitative estimate of drug-likeness (QED) is 0.195. The third-order valence-corrected chi connectivity index (χ3v) is 6.16. The number of anilines is 1. The molecule has 4 N–H and O–H groups in total. The largest absolute Gasteiger partial charge is 0.494 e. The van der Waals surface area contributed by atoms with Gasteiger partial charge in [-0.15, -0.1) is 10.3 Å². The van der Waals surface area contributed by atoms with Crippen molar-refractivity contribution < 1.29 is 27.8 Å². The van der Waals surface area contributed by atoms with Crippen LogP contribution in [-0.2, 0) is 10.0 Å². The molecule has 0 spiro atoms. The molecule has 1 aromatic heterocycles. The summed E-state index contributed by atoms with van der Waals surface area (Å²) in [5.74, 6) is 4.54. The minimum absolute atomic E-state index is 0.242. The Kier molecular flexibility index (Phi) is 9.23. The zero-order chi connectivity index (χ0) is 25.3. The Morgan fingerprint density at radius 1 is 1.18 bits per heavy atom. The van der Waals surface area contributed by atoms with Gasteiger partial charge in [-0.1, -0.05) is 12.0 Å². The Hall–Kier alpha value is -3.82. The summed E-state index contributed by atoms with van der Waals surface area (Å²) in [4.78, 5) is 16.5. The van der Waals surface area contributed by atoms with E-state index in [4.69, 9.17) is 9.47 Å². The van der Waals surface area contributed by atoms with Gasteiger partial charge in [-0.25, -0.2) is 8.42 Å². The number of amides is 1. The van der Waals surface area contributed by atoms with E-state index in [0.717, 1.165) is 5.56 Å². The highest BCUT2D eigenvalue weighted by molar-refractivity contribution is 7.90. The van der Waals surface area contributed by atoms with Crippen molar-refractivity contribution in [3.63, 3.8) is 0 Å². The van der Waals surface area contributed by atoms with E-state index in [-0.39, 0.29) is 17.2 Å². The summed E-state index contributed by atoms with van der Waals surface area (Å²) in [6.07, 6.45) is 1.48. The van der Waals surface area contributed by atoms with Gasteiger partial charge in [0.15, 0.2) is 0 Å². The van der Waals surface area contributed by atoms with Crippen molar-refractivity contribution in [1.29, 1.82) is 0 Å². The van der Waals surface area contributed by atoms with Crippen LogP contribution in [0.4, 0.5) is 5.69 Å². The molecule has 1 amide bonds. The second-order valence-electron chi connectivity index (χ2n) is 6.99. The molecule has 34 heavy (non-hydrogen) atoms. The number of benzene rings is 1. The molecule has 0 aliphatic carbocycles. The monoisotopic (exact) mass is 489 g/mol. The number of sulfonamides is 1. The molecule has 1 heterocycles. The number of aromatic nitrogens is 1. The van der Waals surface area contributed by atoms with Gasteiger partial charge in [0.1, 0.15) is 28.5 Å². The number of nitrogens with one attached hydrogen (secondary N) is 3. The fourth-order valence-corrected chi connectivity index (χ4v) is 3.58. The molecular formula is C22H27N5O6S. The molecule has 0 bridgehead atoms. The summed E-state index contributed by atoms with van der Waals surface area (Å²) < 4.78 is 40.0. The number of aliphatic hydroxyl groups excluding tert-OH is 1. The highest BCUT2D eigenvalue weighted by Crippen LogP contribution is 2.34. The van der Waals surface area contributed by atoms with Gasteiger partial charge in [0, 0.05) is 12.4 Å². The minimum Gasteiger partial charge on any atom is -0.494 e. The summed E-state index contributed by atoms with van der Waals surface area (Å²) in [6.45, 7) is 4.52. The molecule has 1 aromatic carbocycles. The maximum absolute atomic E-state index is 12.8. The van der Waals surface area contributed by atoms with Gasteiger partial charge in [-0.3, -0.25) is 20.6 Å². The van der Waals surface area contributed by atoms with E-state index in [0.29, 0.717) is 11.5 Å². The maximum atomic E-state index is 12.8. The van der Waals surface area contributed by atoms with Crippen LogP contribution < -0.4 is 25.6 Å². The first-order chi connectivity index (χ1) is 16.1. The summed E-state index contributed by atoms with van der Waals surface area (Å²) in [7, 11) is -1.44. The molecule has 11 nitrogen and oxygen atoms in total. The van der Waals surface area contributed by atoms with Crippen molar-refractivity contribution >= 4 is 27.6 Å². The Labute approximate surface area is 198 Å². The predicted molar refractivity (Wildman–Crippen MR) is 128 cm³/mol. The smallest absolute Gasteiger partial charge is 0.271 e. The van der Waals surface area contributed by atoms with Crippen molar-refractivity contribution in [2.24, 2.45) is 4.40 Å². The predicted octanol–water partition coefficient (Wildman–Crippen LogP) is 1.21. The van der Waals surface area contributed by atoms with Crippen LogP contribution in [0.1, 0.15) is 29.8 Å². The van der Waals surface area contributed by atoms with Gasteiger partial charge in [0.2, 0.25) is 5.96 Å². The second-order valence-corrected chi connectivity index (χ2v) is 8.95. The highest BCUT2D eigenvalue weighted by atomic mass is 32.2. The molecular weight excluding hydrogens is 462 g/mol. The van der Waals surface area contributed by atoms with Gasteiger partial charge in [0.25, 0.3) is 15.9 Å². The molecule has 0 radical (unpaired) electrons. The fraction of sp³-hybridized carbons (Fsp3) is 0.318. The lowest BCUT2D eigenvalue weighted by Gasteiger charge is -2.18. The topological polar surface area (TPSA) is 151 Å². The number of hydrogen-bond donors (Lipinski definition) is 4. The molecule has 2 rings (SSSR count). The number of carbonyl (C=O) groups excluding carboxylic acids is 1. The molecule has 0 unspecified atom stereocenters. The first kappa shape index (κ1) is 26.4. The summed E-state index contributed by atoms with van der Waals surface area (Å²) in [5, 5.41) is 11.5. The van der Waals surface area contributed by atoms with Gasteiger partial charge >= 0.3 is 0 Å². The van der Waals surface area contributed by atoms with Crippen molar-refractivity contribution in [2.75, 3.05) is 19.5 Å². The molecule has 0 aliphatic rings. The number of carbonyl (C=O) groups is 1. The number of ether oxygens (including phenoxy) is 2. The third kappa shape index (κ3) is 6.84. The van der Waals surface area contributed by atoms with Crippen LogP contribution in [0.2, 0.25) is 0 Å². The van der Waals surface area contributed by atoms with Crippen LogP contribution in [0.15, 0.2) is 41.1 Å². The number of guanidine groups is 1. The molecule has 0 saturated carbocycles. The zero-order valence-corrected chi connectivity index (χ0v) is 20.2. The average Bonchev–Trinajstić information content (AvgIpc) is 2.81. The van der Waals surface area contributed by atoms with Gasteiger partial charge in [-0.2, -0.15) is 0 Å². The lowest BCUT2D eigenvalue weighted by Crippen LogP contribution is -2.46. The van der Waals surface area contributed by atoms with Crippen molar-refractivity contribution in [3.8, 4) is 23.3 Å². The number of aliphatic hydroxyl groups is 1. The van der Waals surface area contributed by atoms with Crippen LogP contribution in [0.25, 0.3) is 0 Å². The number of hydrogen-bond acceptors (Lipinski definition) is 7. The number of hydrazine groups is 1. The van der Waals surface area contributed by atoms with E-state index in [9.17, 15) is 18.3 Å². The standard InChI is InChI=1S/C22H27N5O6S/c1-6-8-17(28)15(3)34(30,31)27-22(24-20-18(32-4)9-7-10-19(20)33-5)26-25-21(29)16-11-14(2)12-23-13-16/h7,9-13,15,17,28H,1-5H3,(H,25,29)(H2,24,26,27)/t15-,17+/m0/s1. The van der Waals surface area contributed by atoms with E-state index < -0.39 is 27.3 Å². The van der Waals surface area contributed by atoms with E-state index >= 15 is 0 Å². The first-order valence-corrected chi connectivity index (χ1v) is 11.5. The number of methoxy groups -OCH3 is 2. The van der Waals surface area contributed by atoms with E-state index in [1.807, 2.05) is 0 Å². The molecule has 12 heteroatoms. The second kappa shape index (κ2) is 11.9. The van der Waals surface area contributed by atoms with Crippen molar-refractivity contribution in [3.05, 3.63) is 47.8 Å². The molecule has 0 saturated heterocycles. The Balaban J connectivity index is 2.43. The van der Waals surface area contributed by atoms with E-state index in [2.05, 4.69) is 37.4 Å². The lowest BCUT2D eigenvalue weighted by molar-refractivity contribution is 0.0943. The normalized spacial score (nSPS) is 13.1. The maximum Gasteiger partial charge on any atom is 0.271 e. The summed E-state index contributed by atoms with van der Waals surface area (Å²) >= 11 is 0. The lowest BCUT2D eigenvalue weighted by atomic mass is 10.2. The Morgan fingerprint density at radius 2 is 1.82 bits per heavy atom. The highest BCUT2D eigenvalue weighted by Gasteiger charge is 2.28. The third-order valence-electron chi connectivity index (χ3n) is 4.53. The SMILES string of the molecule is CC#C[C@@H](O)[C@H](C)S(=O)(=O)N=C(NNC(=O)c1cncc(C)c1)Nc1c(OC)cccc1OC. The van der Waals surface area contributed by atoms with Crippen LogP contribution in [0, 0.1) is 18.8 Å². The van der Waals surface area contributed by atoms with Gasteiger partial charge in [0.05, 0.1) is 19.8 Å². The minimum atomic E-state index is -4.29. The molecule has 2 atom stereocenters. The molecule has 182 valence electrons. The van der Waals surface area contributed by atoms with Crippen LogP contribution >= 0.6 is 0 Å². The number of nitrogens with zero attached hydrogens (tertiary/aromatic N) is 2. The summed E-state index contributed by atoms with van der Waals surface area (Å²) in [6, 6.07) is 6.53. The zero-order valence-electron chi connectivity index (χ0n) is 19.4. The van der Waals surface area contributed by atoms with Crippen molar-refractivity contribution in [1.82, 2.24) is 15.8 Å². The number of pyridine rings is 1. The van der Waals surface area contributed by atoms with Crippen LogP contribution in [-0.4, -0.2) is 55.9 Å². The number of rotatable bonds is 7. The van der Waals surface area contributed by atoms with Gasteiger partial charge in [-0.05, 0) is 44.5 Å².